The van der Waals surface area contributed by atoms with Crippen molar-refractivity contribution in [2.75, 3.05) is 36.5 Å². The van der Waals surface area contributed by atoms with E-state index < -0.39 is 12.0 Å². The summed E-state index contributed by atoms with van der Waals surface area (Å²) in [7, 11) is 2.12. The highest BCUT2D eigenvalue weighted by Crippen LogP contribution is 2.37. The van der Waals surface area contributed by atoms with Crippen LogP contribution in [0.5, 0.6) is 0 Å². The molecule has 2 aliphatic heterocycles. The number of piperidine rings is 2. The summed E-state index contributed by atoms with van der Waals surface area (Å²) in [5.41, 5.74) is 3.16. The lowest BCUT2D eigenvalue weighted by Gasteiger charge is -2.35. The van der Waals surface area contributed by atoms with Crippen LogP contribution in [0.25, 0.3) is 11.1 Å². The van der Waals surface area contributed by atoms with Gasteiger partial charge in [-0.05, 0) is 57.3 Å². The van der Waals surface area contributed by atoms with Crippen LogP contribution in [0.3, 0.4) is 0 Å². The van der Waals surface area contributed by atoms with Gasteiger partial charge in [-0.3, -0.25) is 0 Å². The van der Waals surface area contributed by atoms with E-state index in [0.29, 0.717) is 12.5 Å². The van der Waals surface area contributed by atoms with Crippen LogP contribution < -0.4 is 15.1 Å². The average Bonchev–Trinajstić information content (AvgIpc) is 3.23. The third kappa shape index (κ3) is 3.86. The highest BCUT2D eigenvalue weighted by atomic mass is 32.1. The van der Waals surface area contributed by atoms with Gasteiger partial charge in [0.2, 0.25) is 0 Å². The fourth-order valence-electron chi connectivity index (χ4n) is 4.34. The predicted molar refractivity (Wildman–Crippen MR) is 114 cm³/mol. The van der Waals surface area contributed by atoms with Crippen molar-refractivity contribution < 1.29 is 9.90 Å². The first-order valence-corrected chi connectivity index (χ1v) is 11.0. The van der Waals surface area contributed by atoms with Gasteiger partial charge >= 0.3 is 5.97 Å². The predicted octanol–water partition coefficient (Wildman–Crippen LogP) is 3.44. The Hall–Kier alpha value is -2.12. The normalized spacial score (nSPS) is 20.9. The van der Waals surface area contributed by atoms with E-state index in [2.05, 4.69) is 45.1 Å². The van der Waals surface area contributed by atoms with E-state index in [1.165, 1.54) is 0 Å². The highest BCUT2D eigenvalue weighted by Gasteiger charge is 2.30. The van der Waals surface area contributed by atoms with Crippen molar-refractivity contribution in [1.82, 2.24) is 10.3 Å². The molecule has 28 heavy (non-hydrogen) atoms. The molecule has 2 saturated heterocycles. The molecule has 2 aromatic rings. The number of carbonyl (C=O) groups is 1. The second-order valence-corrected chi connectivity index (χ2v) is 8.45. The van der Waals surface area contributed by atoms with E-state index in [1.807, 2.05) is 6.20 Å². The van der Waals surface area contributed by atoms with E-state index in [0.717, 1.165) is 67.9 Å². The second-order valence-electron chi connectivity index (χ2n) is 7.71. The maximum absolute atomic E-state index is 11.7. The number of nitrogens with zero attached hydrogens (tertiary/aromatic N) is 3. The first kappa shape index (κ1) is 19.2. The molecular weight excluding hydrogens is 372 g/mol. The molecule has 4 heterocycles. The molecule has 1 atom stereocenters. The fraction of sp³-hybridized carbons (Fsp3) is 0.524. The van der Waals surface area contributed by atoms with Gasteiger partial charge in [0.05, 0.1) is 5.69 Å². The zero-order chi connectivity index (χ0) is 19.5. The smallest absolute Gasteiger partial charge is 0.326 e. The number of aromatic nitrogens is 1. The average molecular weight is 401 g/mol. The number of rotatable bonds is 5. The number of carboxylic acid groups (broad SMARTS) is 1. The molecule has 0 saturated carbocycles. The van der Waals surface area contributed by atoms with Gasteiger partial charge in [0, 0.05) is 47.7 Å². The molecule has 6 nitrogen and oxygen atoms in total. The number of hydrogen-bond donors (Lipinski definition) is 2. The molecular formula is C21H28N4O2S. The minimum absolute atomic E-state index is 0.430. The van der Waals surface area contributed by atoms with Crippen molar-refractivity contribution in [1.29, 1.82) is 0 Å². The Labute approximate surface area is 170 Å². The summed E-state index contributed by atoms with van der Waals surface area (Å²) >= 11 is 1.62. The van der Waals surface area contributed by atoms with E-state index >= 15 is 0 Å². The standard InChI is InChI=1S/C21H28N4O2S/c1-24(16-7-9-22-10-8-16)20-6-5-15(12-23-20)17-13-28-14-19(17)25-11-3-2-4-18(25)21(26)27/h5-6,12-14,16,18,22H,2-4,7-11H2,1H3,(H,26,27). The molecule has 2 aromatic heterocycles. The summed E-state index contributed by atoms with van der Waals surface area (Å²) < 4.78 is 0. The van der Waals surface area contributed by atoms with Crippen LogP contribution >= 0.6 is 11.3 Å². The van der Waals surface area contributed by atoms with Gasteiger partial charge in [0.25, 0.3) is 0 Å². The molecule has 0 radical (unpaired) electrons. The quantitative estimate of drug-likeness (QED) is 0.801. The number of pyridine rings is 1. The maximum Gasteiger partial charge on any atom is 0.326 e. The van der Waals surface area contributed by atoms with Crippen molar-refractivity contribution in [3.8, 4) is 11.1 Å². The van der Waals surface area contributed by atoms with Crippen molar-refractivity contribution >= 4 is 28.8 Å². The highest BCUT2D eigenvalue weighted by molar-refractivity contribution is 7.08. The lowest BCUT2D eigenvalue weighted by Crippen LogP contribution is -2.44. The molecule has 0 aliphatic carbocycles. The molecule has 0 aromatic carbocycles. The van der Waals surface area contributed by atoms with E-state index in [-0.39, 0.29) is 0 Å². The maximum atomic E-state index is 11.7. The molecule has 2 fully saturated rings. The Morgan fingerprint density at radius 1 is 1.25 bits per heavy atom. The number of thiophene rings is 1. The first-order valence-electron chi connectivity index (χ1n) is 10.1. The Balaban J connectivity index is 1.55. The zero-order valence-corrected chi connectivity index (χ0v) is 17.1. The summed E-state index contributed by atoms with van der Waals surface area (Å²) in [5.74, 6) is 0.266. The topological polar surface area (TPSA) is 68.7 Å². The number of hydrogen-bond acceptors (Lipinski definition) is 6. The van der Waals surface area contributed by atoms with Crippen LogP contribution in [0.2, 0.25) is 0 Å². The monoisotopic (exact) mass is 400 g/mol. The SMILES string of the molecule is CN(c1ccc(-c2cscc2N2CCCCC2C(=O)O)cn1)C1CCNCC1. The third-order valence-electron chi connectivity index (χ3n) is 6.02. The molecule has 0 bridgehead atoms. The van der Waals surface area contributed by atoms with Gasteiger partial charge in [0.1, 0.15) is 11.9 Å². The molecule has 2 N–H and O–H groups in total. The van der Waals surface area contributed by atoms with Crippen molar-refractivity contribution in [2.45, 2.75) is 44.2 Å². The number of anilines is 2. The fourth-order valence-corrected chi connectivity index (χ4v) is 5.19. The van der Waals surface area contributed by atoms with Crippen LogP contribution in [-0.2, 0) is 4.79 Å². The second kappa shape index (κ2) is 8.49. The van der Waals surface area contributed by atoms with Crippen molar-refractivity contribution in [2.24, 2.45) is 0 Å². The van der Waals surface area contributed by atoms with Gasteiger partial charge < -0.3 is 20.2 Å². The van der Waals surface area contributed by atoms with E-state index in [4.69, 9.17) is 4.98 Å². The van der Waals surface area contributed by atoms with E-state index in [1.54, 1.807) is 11.3 Å². The number of nitrogens with one attached hydrogen (secondary N) is 1. The minimum Gasteiger partial charge on any atom is -0.480 e. The van der Waals surface area contributed by atoms with Crippen LogP contribution in [0, 0.1) is 0 Å². The van der Waals surface area contributed by atoms with Crippen LogP contribution in [0.1, 0.15) is 32.1 Å². The van der Waals surface area contributed by atoms with E-state index in [9.17, 15) is 9.90 Å². The Bertz CT molecular complexity index is 801. The van der Waals surface area contributed by atoms with Gasteiger partial charge in [0.15, 0.2) is 0 Å². The summed E-state index contributed by atoms with van der Waals surface area (Å²) in [6.07, 6.45) is 6.94. The van der Waals surface area contributed by atoms with Crippen molar-refractivity contribution in [3.63, 3.8) is 0 Å². The van der Waals surface area contributed by atoms with Gasteiger partial charge in [-0.2, -0.15) is 0 Å². The summed E-state index contributed by atoms with van der Waals surface area (Å²) in [4.78, 5) is 20.8. The molecule has 150 valence electrons. The summed E-state index contributed by atoms with van der Waals surface area (Å²) in [5, 5.41) is 17.2. The first-order chi connectivity index (χ1) is 13.6. The van der Waals surface area contributed by atoms with Crippen molar-refractivity contribution in [3.05, 3.63) is 29.1 Å². The lowest BCUT2D eigenvalue weighted by atomic mass is 10.00. The molecule has 1 unspecified atom stereocenters. The largest absolute Gasteiger partial charge is 0.480 e. The minimum atomic E-state index is -0.728. The number of aliphatic carboxylic acids is 1. The molecule has 7 heteroatoms. The van der Waals surface area contributed by atoms with Crippen LogP contribution in [-0.4, -0.2) is 54.8 Å². The molecule has 2 aliphatic rings. The van der Waals surface area contributed by atoms with Crippen LogP contribution in [0.4, 0.5) is 11.5 Å². The Kier molecular flexibility index (Phi) is 5.82. The number of carboxylic acids is 1. The third-order valence-corrected chi connectivity index (χ3v) is 6.75. The zero-order valence-electron chi connectivity index (χ0n) is 16.3. The Morgan fingerprint density at radius 3 is 2.79 bits per heavy atom. The molecule has 4 rings (SSSR count). The Morgan fingerprint density at radius 2 is 2.07 bits per heavy atom. The van der Waals surface area contributed by atoms with Crippen LogP contribution in [0.15, 0.2) is 29.1 Å². The summed E-state index contributed by atoms with van der Waals surface area (Å²) in [6.45, 7) is 2.92. The van der Waals surface area contributed by atoms with Gasteiger partial charge in [-0.15, -0.1) is 11.3 Å². The van der Waals surface area contributed by atoms with Gasteiger partial charge in [-0.25, -0.2) is 9.78 Å². The molecule has 0 amide bonds. The summed E-state index contributed by atoms with van der Waals surface area (Å²) in [6, 6.07) is 4.30. The van der Waals surface area contributed by atoms with Gasteiger partial charge in [-0.1, -0.05) is 0 Å². The lowest BCUT2D eigenvalue weighted by molar-refractivity contribution is -0.139. The molecule has 0 spiro atoms.